The number of anilines is 1. The molecule has 10 heteroatoms. The molecule has 0 spiro atoms. The molecule has 158 valence electrons. The van der Waals surface area contributed by atoms with Gasteiger partial charge in [0, 0.05) is 6.54 Å². The summed E-state index contributed by atoms with van der Waals surface area (Å²) in [5.41, 5.74) is -0.522. The first-order chi connectivity index (χ1) is 13.4. The molecule has 0 aromatic heterocycles. The van der Waals surface area contributed by atoms with E-state index in [2.05, 4.69) is 5.32 Å². The van der Waals surface area contributed by atoms with Gasteiger partial charge >= 0.3 is 6.18 Å². The first kappa shape index (κ1) is 22.7. The van der Waals surface area contributed by atoms with Crippen LogP contribution >= 0.6 is 0 Å². The number of hydrogen-bond donors (Lipinski definition) is 1. The van der Waals surface area contributed by atoms with Crippen LogP contribution in [0.4, 0.5) is 23.2 Å². The Morgan fingerprint density at radius 3 is 2.28 bits per heavy atom. The van der Waals surface area contributed by atoms with Gasteiger partial charge in [0.15, 0.2) is 0 Å². The zero-order chi connectivity index (χ0) is 21.8. The lowest BCUT2D eigenvalue weighted by Gasteiger charge is -2.30. The summed E-state index contributed by atoms with van der Waals surface area (Å²) in [7, 11) is -3.89. The number of alkyl halides is 3. The minimum Gasteiger partial charge on any atom is -0.350 e. The average Bonchev–Trinajstić information content (AvgIpc) is 2.63. The van der Waals surface area contributed by atoms with Crippen molar-refractivity contribution in [1.82, 2.24) is 5.32 Å². The Balaban J connectivity index is 2.23. The Hall–Kier alpha value is -2.62. The van der Waals surface area contributed by atoms with Gasteiger partial charge in [0.25, 0.3) is 0 Å². The molecule has 0 aliphatic heterocycles. The van der Waals surface area contributed by atoms with E-state index in [-0.39, 0.29) is 24.2 Å². The molecule has 2 rings (SSSR count). The summed E-state index contributed by atoms with van der Waals surface area (Å²) in [6.45, 7) is 1.39. The van der Waals surface area contributed by atoms with Crippen LogP contribution in [0.5, 0.6) is 0 Å². The molecule has 0 fully saturated rings. The van der Waals surface area contributed by atoms with Gasteiger partial charge in [-0.2, -0.15) is 13.2 Å². The number of benzene rings is 2. The van der Waals surface area contributed by atoms with Gasteiger partial charge in [-0.25, -0.2) is 12.8 Å². The van der Waals surface area contributed by atoms with E-state index in [1.165, 1.54) is 24.3 Å². The third-order valence-corrected chi connectivity index (χ3v) is 5.31. The molecule has 0 aliphatic carbocycles. The van der Waals surface area contributed by atoms with Gasteiger partial charge in [0.1, 0.15) is 11.9 Å². The van der Waals surface area contributed by atoms with E-state index in [4.69, 9.17) is 0 Å². The summed E-state index contributed by atoms with van der Waals surface area (Å²) in [6, 6.07) is 7.93. The van der Waals surface area contributed by atoms with Crippen molar-refractivity contribution in [2.24, 2.45) is 0 Å². The van der Waals surface area contributed by atoms with Crippen LogP contribution in [0, 0.1) is 5.82 Å². The highest BCUT2D eigenvalue weighted by Crippen LogP contribution is 2.29. The largest absolute Gasteiger partial charge is 0.416 e. The van der Waals surface area contributed by atoms with Gasteiger partial charge in [-0.1, -0.05) is 19.1 Å². The van der Waals surface area contributed by atoms with Crippen molar-refractivity contribution >= 4 is 21.6 Å². The maximum Gasteiger partial charge on any atom is 0.416 e. The zero-order valence-corrected chi connectivity index (χ0v) is 16.5. The molecule has 29 heavy (non-hydrogen) atoms. The molecule has 1 amide bonds. The van der Waals surface area contributed by atoms with Crippen LogP contribution in [-0.4, -0.2) is 26.6 Å². The number of hydrogen-bond acceptors (Lipinski definition) is 3. The number of carbonyl (C=O) groups is 1. The molecule has 1 atom stereocenters. The topological polar surface area (TPSA) is 66.5 Å². The lowest BCUT2D eigenvalue weighted by atomic mass is 10.1. The molecule has 0 unspecified atom stereocenters. The quantitative estimate of drug-likeness (QED) is 0.679. The molecule has 2 aromatic carbocycles. The van der Waals surface area contributed by atoms with Gasteiger partial charge in [0.2, 0.25) is 15.9 Å². The van der Waals surface area contributed by atoms with Crippen LogP contribution in [0.3, 0.4) is 0 Å². The molecule has 2 aromatic rings. The fourth-order valence-electron chi connectivity index (χ4n) is 2.81. The number of amides is 1. The van der Waals surface area contributed by atoms with E-state index in [9.17, 15) is 30.8 Å². The van der Waals surface area contributed by atoms with Crippen molar-refractivity contribution in [3.63, 3.8) is 0 Å². The molecule has 0 heterocycles. The van der Waals surface area contributed by atoms with E-state index in [1.807, 2.05) is 0 Å². The molecule has 0 bridgehead atoms. The van der Waals surface area contributed by atoms with E-state index in [0.29, 0.717) is 0 Å². The van der Waals surface area contributed by atoms with Gasteiger partial charge in [-0.3, -0.25) is 9.10 Å². The van der Waals surface area contributed by atoms with Gasteiger partial charge in [-0.15, -0.1) is 0 Å². The van der Waals surface area contributed by atoms with Crippen molar-refractivity contribution in [3.8, 4) is 0 Å². The second-order valence-electron chi connectivity index (χ2n) is 6.38. The minimum atomic E-state index is -4.51. The van der Waals surface area contributed by atoms with Gasteiger partial charge in [-0.05, 0) is 48.4 Å². The summed E-state index contributed by atoms with van der Waals surface area (Å²) < 4.78 is 77.1. The lowest BCUT2D eigenvalue weighted by Crippen LogP contribution is -2.49. The predicted molar refractivity (Wildman–Crippen MR) is 101 cm³/mol. The fraction of sp³-hybridized carbons (Fsp3) is 0.316. The molecule has 5 nitrogen and oxygen atoms in total. The Morgan fingerprint density at radius 1 is 1.14 bits per heavy atom. The van der Waals surface area contributed by atoms with Crippen molar-refractivity contribution < 1.29 is 30.8 Å². The molecule has 0 saturated heterocycles. The van der Waals surface area contributed by atoms with Crippen LogP contribution in [0.15, 0.2) is 48.5 Å². The Kier molecular flexibility index (Phi) is 6.89. The summed E-state index contributed by atoms with van der Waals surface area (Å²) in [5.74, 6) is -1.25. The molecule has 1 N–H and O–H groups in total. The number of sulfonamides is 1. The van der Waals surface area contributed by atoms with Crippen molar-refractivity contribution in [2.75, 3.05) is 10.6 Å². The van der Waals surface area contributed by atoms with Gasteiger partial charge in [0.05, 0.1) is 17.5 Å². The van der Waals surface area contributed by atoms with E-state index < -0.39 is 39.5 Å². The van der Waals surface area contributed by atoms with Crippen molar-refractivity contribution in [2.45, 2.75) is 32.1 Å². The van der Waals surface area contributed by atoms with E-state index >= 15 is 0 Å². The minimum absolute atomic E-state index is 0.0961. The third-order valence-electron chi connectivity index (χ3n) is 4.13. The SMILES string of the molecule is CC[C@H](C(=O)NCc1cccc(C(F)(F)F)c1)N(c1ccc(F)cc1)S(C)(=O)=O. The summed E-state index contributed by atoms with van der Waals surface area (Å²) in [6.07, 6.45) is -3.50. The predicted octanol–water partition coefficient (Wildman–Crippen LogP) is 3.71. The summed E-state index contributed by atoms with van der Waals surface area (Å²) in [4.78, 5) is 12.6. The number of nitrogens with zero attached hydrogens (tertiary/aromatic N) is 1. The second kappa shape index (κ2) is 8.81. The second-order valence-corrected chi connectivity index (χ2v) is 8.23. The van der Waals surface area contributed by atoms with Gasteiger partial charge < -0.3 is 5.32 Å². The molecule has 0 saturated carbocycles. The van der Waals surface area contributed by atoms with Crippen LogP contribution in [0.25, 0.3) is 0 Å². The molecular formula is C19H20F4N2O3S. The van der Waals surface area contributed by atoms with Crippen LogP contribution in [-0.2, 0) is 27.5 Å². The van der Waals surface area contributed by atoms with E-state index in [0.717, 1.165) is 34.8 Å². The monoisotopic (exact) mass is 432 g/mol. The molecular weight excluding hydrogens is 412 g/mol. The van der Waals surface area contributed by atoms with Crippen LogP contribution < -0.4 is 9.62 Å². The lowest BCUT2D eigenvalue weighted by molar-refractivity contribution is -0.137. The molecule has 0 radical (unpaired) electrons. The summed E-state index contributed by atoms with van der Waals surface area (Å²) >= 11 is 0. The summed E-state index contributed by atoms with van der Waals surface area (Å²) in [5, 5.41) is 2.48. The third kappa shape index (κ3) is 5.93. The van der Waals surface area contributed by atoms with E-state index in [1.54, 1.807) is 6.92 Å². The fourth-order valence-corrected chi connectivity index (χ4v) is 4.02. The van der Waals surface area contributed by atoms with Crippen molar-refractivity contribution in [3.05, 3.63) is 65.5 Å². The molecule has 0 aliphatic rings. The normalized spacial score (nSPS) is 13.0. The number of carbonyl (C=O) groups excluding carboxylic acids is 1. The number of nitrogens with one attached hydrogen (secondary N) is 1. The smallest absolute Gasteiger partial charge is 0.350 e. The zero-order valence-electron chi connectivity index (χ0n) is 15.7. The number of halogens is 4. The van der Waals surface area contributed by atoms with Crippen LogP contribution in [0.2, 0.25) is 0 Å². The maximum absolute atomic E-state index is 13.2. The highest BCUT2D eigenvalue weighted by atomic mass is 32.2. The Labute approximate surface area is 166 Å². The Morgan fingerprint density at radius 2 is 1.76 bits per heavy atom. The first-order valence-corrected chi connectivity index (χ1v) is 10.5. The average molecular weight is 432 g/mol. The van der Waals surface area contributed by atoms with Crippen molar-refractivity contribution in [1.29, 1.82) is 0 Å². The maximum atomic E-state index is 13.2. The standard InChI is InChI=1S/C19H20F4N2O3S/c1-3-17(25(29(2,27)28)16-9-7-15(20)8-10-16)18(26)24-12-13-5-4-6-14(11-13)19(21,22)23/h4-11,17H,3,12H2,1-2H3,(H,24,26)/t17-/m1/s1. The highest BCUT2D eigenvalue weighted by molar-refractivity contribution is 7.92. The first-order valence-electron chi connectivity index (χ1n) is 8.62. The van der Waals surface area contributed by atoms with Crippen LogP contribution in [0.1, 0.15) is 24.5 Å². The number of rotatable bonds is 7. The highest BCUT2D eigenvalue weighted by Gasteiger charge is 2.32. The Bertz CT molecular complexity index is 960.